The van der Waals surface area contributed by atoms with Gasteiger partial charge in [0.1, 0.15) is 0 Å². The molecule has 1 saturated carbocycles. The largest absolute Gasteiger partial charge is 0.481 e. The Balaban J connectivity index is 1.94. The Hall–Kier alpha value is -1.26. The van der Waals surface area contributed by atoms with Crippen molar-refractivity contribution < 1.29 is 14.7 Å². The average Bonchev–Trinajstić information content (AvgIpc) is 2.40. The summed E-state index contributed by atoms with van der Waals surface area (Å²) < 4.78 is 0. The van der Waals surface area contributed by atoms with E-state index in [-0.39, 0.29) is 12.5 Å². The number of carbonyl (C=O) groups excluding carboxylic acids is 1. The van der Waals surface area contributed by atoms with Gasteiger partial charge in [-0.3, -0.25) is 4.79 Å². The van der Waals surface area contributed by atoms with Crippen molar-refractivity contribution in [1.29, 1.82) is 0 Å². The maximum absolute atomic E-state index is 11.7. The van der Waals surface area contributed by atoms with Gasteiger partial charge in [0.25, 0.3) is 0 Å². The van der Waals surface area contributed by atoms with Gasteiger partial charge in [0.05, 0.1) is 0 Å². The Kier molecular flexibility index (Phi) is 8.07. The van der Waals surface area contributed by atoms with E-state index in [1.54, 1.807) is 0 Å². The lowest BCUT2D eigenvalue weighted by atomic mass is 9.87. The molecule has 0 heterocycles. The van der Waals surface area contributed by atoms with Crippen LogP contribution in [0.25, 0.3) is 0 Å². The summed E-state index contributed by atoms with van der Waals surface area (Å²) in [6.45, 7) is 2.93. The van der Waals surface area contributed by atoms with E-state index in [1.807, 2.05) is 0 Å². The zero-order valence-corrected chi connectivity index (χ0v) is 12.5. The molecule has 5 nitrogen and oxygen atoms in total. The number of nitrogens with one attached hydrogen (secondary N) is 2. The molecule has 0 aromatic rings. The number of hydrogen-bond donors (Lipinski definition) is 3. The van der Waals surface area contributed by atoms with Crippen LogP contribution in [0.5, 0.6) is 0 Å². The lowest BCUT2D eigenvalue weighted by Crippen LogP contribution is -2.43. The molecule has 116 valence electrons. The molecule has 3 N–H and O–H groups in total. The fraction of sp³-hybridized carbons (Fsp3) is 0.867. The van der Waals surface area contributed by atoms with Crippen LogP contribution in [0, 0.1) is 5.92 Å². The average molecular weight is 284 g/mol. The maximum atomic E-state index is 11.7. The van der Waals surface area contributed by atoms with Gasteiger partial charge >= 0.3 is 12.0 Å². The highest BCUT2D eigenvalue weighted by molar-refractivity contribution is 5.74. The predicted molar refractivity (Wildman–Crippen MR) is 78.7 cm³/mol. The first-order valence-electron chi connectivity index (χ1n) is 7.84. The number of carboxylic acid groups (broad SMARTS) is 1. The third-order valence-corrected chi connectivity index (χ3v) is 3.95. The number of hydrogen-bond acceptors (Lipinski definition) is 2. The number of amides is 2. The van der Waals surface area contributed by atoms with Crippen LogP contribution in [0.2, 0.25) is 0 Å². The van der Waals surface area contributed by atoms with Crippen molar-refractivity contribution >= 4 is 12.0 Å². The van der Waals surface area contributed by atoms with Crippen molar-refractivity contribution in [2.45, 2.75) is 70.8 Å². The molecule has 0 radical (unpaired) electrons. The Morgan fingerprint density at radius 1 is 1.05 bits per heavy atom. The van der Waals surface area contributed by atoms with Gasteiger partial charge in [-0.15, -0.1) is 0 Å². The van der Waals surface area contributed by atoms with E-state index in [1.165, 1.54) is 12.8 Å². The fourth-order valence-electron chi connectivity index (χ4n) is 2.60. The number of urea groups is 1. The molecule has 2 amide bonds. The standard InChI is InChI=1S/C15H28N2O3/c1-12-7-9-13(10-8-12)17-15(20)16-11-5-3-2-4-6-14(18)19/h12-13H,2-11H2,1H3,(H,18,19)(H2,16,17,20). The van der Waals surface area contributed by atoms with Gasteiger partial charge < -0.3 is 15.7 Å². The summed E-state index contributed by atoms with van der Waals surface area (Å²) in [5.74, 6) is 0.0613. The molecule has 0 saturated heterocycles. The van der Waals surface area contributed by atoms with Gasteiger partial charge in [-0.2, -0.15) is 0 Å². The molecule has 0 unspecified atom stereocenters. The minimum absolute atomic E-state index is 0.0601. The van der Waals surface area contributed by atoms with Crippen molar-refractivity contribution in [3.63, 3.8) is 0 Å². The van der Waals surface area contributed by atoms with E-state index in [4.69, 9.17) is 5.11 Å². The van der Waals surface area contributed by atoms with Crippen LogP contribution in [0.3, 0.4) is 0 Å². The quantitative estimate of drug-likeness (QED) is 0.600. The SMILES string of the molecule is CC1CCC(NC(=O)NCCCCCCC(=O)O)CC1. The third-order valence-electron chi connectivity index (χ3n) is 3.95. The smallest absolute Gasteiger partial charge is 0.315 e. The molecule has 1 fully saturated rings. The highest BCUT2D eigenvalue weighted by Crippen LogP contribution is 2.23. The van der Waals surface area contributed by atoms with E-state index < -0.39 is 5.97 Å². The molecule has 1 aliphatic carbocycles. The van der Waals surface area contributed by atoms with Crippen LogP contribution in [0.1, 0.15) is 64.7 Å². The third kappa shape index (κ3) is 8.02. The minimum atomic E-state index is -0.732. The molecule has 1 rings (SSSR count). The molecule has 20 heavy (non-hydrogen) atoms. The summed E-state index contributed by atoms with van der Waals surface area (Å²) in [6, 6.07) is 0.275. The summed E-state index contributed by atoms with van der Waals surface area (Å²) in [6.07, 6.45) is 8.34. The molecular formula is C15H28N2O3. The number of carbonyl (C=O) groups is 2. The van der Waals surface area contributed by atoms with Crippen LogP contribution in [0.4, 0.5) is 4.79 Å². The first-order chi connectivity index (χ1) is 9.58. The normalized spacial score (nSPS) is 22.2. The maximum Gasteiger partial charge on any atom is 0.315 e. The molecule has 1 aliphatic rings. The summed E-state index contributed by atoms with van der Waals surface area (Å²) in [5, 5.41) is 14.4. The molecule has 0 spiro atoms. The molecular weight excluding hydrogens is 256 g/mol. The molecule has 5 heteroatoms. The molecule has 0 bridgehead atoms. The highest BCUT2D eigenvalue weighted by atomic mass is 16.4. The van der Waals surface area contributed by atoms with Gasteiger partial charge in [-0.1, -0.05) is 19.8 Å². The summed E-state index contributed by atoms with van der Waals surface area (Å²) in [4.78, 5) is 22.0. The molecule has 0 aliphatic heterocycles. The number of unbranched alkanes of at least 4 members (excludes halogenated alkanes) is 3. The van der Waals surface area contributed by atoms with Crippen molar-refractivity contribution in [2.75, 3.05) is 6.54 Å². The highest BCUT2D eigenvalue weighted by Gasteiger charge is 2.19. The lowest BCUT2D eigenvalue weighted by molar-refractivity contribution is -0.137. The van der Waals surface area contributed by atoms with Crippen LogP contribution >= 0.6 is 0 Å². The molecule has 0 aromatic heterocycles. The van der Waals surface area contributed by atoms with Crippen molar-refractivity contribution in [3.05, 3.63) is 0 Å². The predicted octanol–water partition coefficient (Wildman–Crippen LogP) is 2.90. The van der Waals surface area contributed by atoms with Crippen LogP contribution < -0.4 is 10.6 Å². The Morgan fingerprint density at radius 3 is 2.35 bits per heavy atom. The number of rotatable bonds is 8. The van der Waals surface area contributed by atoms with Gasteiger partial charge in [0.15, 0.2) is 0 Å². The van der Waals surface area contributed by atoms with E-state index in [0.717, 1.165) is 44.4 Å². The van der Waals surface area contributed by atoms with Gasteiger partial charge in [0.2, 0.25) is 0 Å². The topological polar surface area (TPSA) is 78.4 Å². The van der Waals surface area contributed by atoms with E-state index in [2.05, 4.69) is 17.6 Å². The van der Waals surface area contributed by atoms with Crippen molar-refractivity contribution in [3.8, 4) is 0 Å². The first kappa shape index (κ1) is 16.8. The monoisotopic (exact) mass is 284 g/mol. The second-order valence-electron chi connectivity index (χ2n) is 5.91. The molecule has 0 aromatic carbocycles. The summed E-state index contributed by atoms with van der Waals surface area (Å²) in [5.41, 5.74) is 0. The van der Waals surface area contributed by atoms with Crippen LogP contribution in [-0.2, 0) is 4.79 Å². The lowest BCUT2D eigenvalue weighted by Gasteiger charge is -2.26. The van der Waals surface area contributed by atoms with Gasteiger partial charge in [0, 0.05) is 19.0 Å². The Morgan fingerprint density at radius 2 is 1.70 bits per heavy atom. The van der Waals surface area contributed by atoms with Crippen LogP contribution in [-0.4, -0.2) is 29.7 Å². The number of carboxylic acids is 1. The van der Waals surface area contributed by atoms with E-state index in [0.29, 0.717) is 12.6 Å². The summed E-state index contributed by atoms with van der Waals surface area (Å²) in [7, 11) is 0. The van der Waals surface area contributed by atoms with Gasteiger partial charge in [-0.25, -0.2) is 4.79 Å². The molecule has 0 atom stereocenters. The summed E-state index contributed by atoms with van der Waals surface area (Å²) >= 11 is 0. The second kappa shape index (κ2) is 9.61. The number of aliphatic carboxylic acids is 1. The first-order valence-corrected chi connectivity index (χ1v) is 7.84. The zero-order chi connectivity index (χ0) is 14.8. The van der Waals surface area contributed by atoms with Crippen molar-refractivity contribution in [2.24, 2.45) is 5.92 Å². The second-order valence-corrected chi connectivity index (χ2v) is 5.91. The fourth-order valence-corrected chi connectivity index (χ4v) is 2.60. The minimum Gasteiger partial charge on any atom is -0.481 e. The van der Waals surface area contributed by atoms with Gasteiger partial charge in [-0.05, 0) is 44.4 Å². The van der Waals surface area contributed by atoms with E-state index >= 15 is 0 Å². The van der Waals surface area contributed by atoms with Crippen LogP contribution in [0.15, 0.2) is 0 Å². The Bertz CT molecular complexity index is 299. The van der Waals surface area contributed by atoms with Crippen molar-refractivity contribution in [1.82, 2.24) is 10.6 Å². The zero-order valence-electron chi connectivity index (χ0n) is 12.5. The Labute approximate surface area is 121 Å². The van der Waals surface area contributed by atoms with E-state index in [9.17, 15) is 9.59 Å².